The summed E-state index contributed by atoms with van der Waals surface area (Å²) in [7, 11) is -0.477. The number of hydrogen-bond acceptors (Lipinski definition) is 5. The van der Waals surface area contributed by atoms with Gasteiger partial charge in [-0.3, -0.25) is 4.79 Å². The van der Waals surface area contributed by atoms with E-state index < -0.39 is 10.0 Å². The molecule has 0 spiro atoms. The second kappa shape index (κ2) is 8.77. The second-order valence-corrected chi connectivity index (χ2v) is 9.73. The van der Waals surface area contributed by atoms with Gasteiger partial charge in [0.25, 0.3) is 0 Å². The first-order valence-electron chi connectivity index (χ1n) is 8.57. The molecule has 1 aromatic carbocycles. The molecule has 0 bridgehead atoms. The summed E-state index contributed by atoms with van der Waals surface area (Å²) in [6, 6.07) is 6.20. The van der Waals surface area contributed by atoms with Crippen LogP contribution in [0.3, 0.4) is 0 Å². The smallest absolute Gasteiger partial charge is 0.244 e. The summed E-state index contributed by atoms with van der Waals surface area (Å²) in [5, 5.41) is 5.90. The Kier molecular flexibility index (Phi) is 6.91. The van der Waals surface area contributed by atoms with Crippen molar-refractivity contribution >= 4 is 33.3 Å². The maximum absolute atomic E-state index is 12.1. The third-order valence-electron chi connectivity index (χ3n) is 3.92. The van der Waals surface area contributed by atoms with Gasteiger partial charge in [0, 0.05) is 31.5 Å². The highest BCUT2D eigenvalue weighted by atomic mass is 32.2. The fourth-order valence-electron chi connectivity index (χ4n) is 2.23. The monoisotopic (exact) mass is 407 g/mol. The Morgan fingerprint density at radius 3 is 2.33 bits per heavy atom. The fraction of sp³-hybridized carbons (Fsp3) is 0.368. The summed E-state index contributed by atoms with van der Waals surface area (Å²) < 4.78 is 25.3. The van der Waals surface area contributed by atoms with Crippen LogP contribution in [0.4, 0.5) is 0 Å². The number of sulfonamides is 1. The first-order chi connectivity index (χ1) is 12.6. The van der Waals surface area contributed by atoms with Crippen LogP contribution in [-0.4, -0.2) is 37.7 Å². The largest absolute Gasteiger partial charge is 0.344 e. The Hall–Kier alpha value is -2.03. The summed E-state index contributed by atoms with van der Waals surface area (Å²) in [5.74, 6) is 0.136. The molecule has 8 heteroatoms. The molecule has 27 heavy (non-hydrogen) atoms. The fourth-order valence-corrected chi connectivity index (χ4v) is 4.06. The highest BCUT2D eigenvalue weighted by molar-refractivity contribution is 7.89. The van der Waals surface area contributed by atoms with Crippen LogP contribution in [0.2, 0.25) is 0 Å². The van der Waals surface area contributed by atoms with E-state index in [1.54, 1.807) is 29.5 Å². The lowest BCUT2D eigenvalue weighted by Gasteiger charge is -2.11. The molecule has 1 heterocycles. The maximum atomic E-state index is 12.1. The van der Waals surface area contributed by atoms with Crippen molar-refractivity contribution in [1.82, 2.24) is 14.6 Å². The standard InChI is InChI=1S/C19H25N3O3S2/c1-13(2)19-21-17(12-26-19)14(3)20-18(23)11-8-15-6-9-16(10-7-15)27(24,25)22(4)5/h6-14H,1-5H3,(H,20,23)/b11-8+. The predicted octanol–water partition coefficient (Wildman–Crippen LogP) is 3.41. The molecule has 1 unspecified atom stereocenters. The molecule has 0 aliphatic carbocycles. The van der Waals surface area contributed by atoms with Gasteiger partial charge in [0.2, 0.25) is 15.9 Å². The Balaban J connectivity index is 1.99. The third-order valence-corrected chi connectivity index (χ3v) is 6.91. The van der Waals surface area contributed by atoms with Gasteiger partial charge in [-0.2, -0.15) is 0 Å². The van der Waals surface area contributed by atoms with Crippen LogP contribution in [0.25, 0.3) is 6.08 Å². The summed E-state index contributed by atoms with van der Waals surface area (Å²) in [6.45, 7) is 6.07. The molecule has 1 N–H and O–H groups in total. The molecular formula is C19H25N3O3S2. The number of carbonyl (C=O) groups excluding carboxylic acids is 1. The number of benzene rings is 1. The second-order valence-electron chi connectivity index (χ2n) is 6.69. The number of nitrogens with one attached hydrogen (secondary N) is 1. The van der Waals surface area contributed by atoms with Crippen molar-refractivity contribution in [1.29, 1.82) is 0 Å². The average Bonchev–Trinajstić information content (AvgIpc) is 3.11. The van der Waals surface area contributed by atoms with E-state index in [-0.39, 0.29) is 16.8 Å². The van der Waals surface area contributed by atoms with E-state index >= 15 is 0 Å². The summed E-state index contributed by atoms with van der Waals surface area (Å²) in [4.78, 5) is 16.9. The third kappa shape index (κ3) is 5.47. The molecule has 0 radical (unpaired) electrons. The van der Waals surface area contributed by atoms with Gasteiger partial charge >= 0.3 is 0 Å². The predicted molar refractivity (Wildman–Crippen MR) is 109 cm³/mol. The van der Waals surface area contributed by atoms with Crippen molar-refractivity contribution in [3.8, 4) is 0 Å². The lowest BCUT2D eigenvalue weighted by Crippen LogP contribution is -2.24. The lowest BCUT2D eigenvalue weighted by molar-refractivity contribution is -0.117. The topological polar surface area (TPSA) is 79.4 Å². The number of hydrogen-bond donors (Lipinski definition) is 1. The van der Waals surface area contributed by atoms with Crippen LogP contribution < -0.4 is 5.32 Å². The number of carbonyl (C=O) groups is 1. The van der Waals surface area contributed by atoms with Gasteiger partial charge in [0.15, 0.2) is 0 Å². The van der Waals surface area contributed by atoms with Crippen LogP contribution >= 0.6 is 11.3 Å². The van der Waals surface area contributed by atoms with Gasteiger partial charge in [0.1, 0.15) is 0 Å². The number of amides is 1. The Morgan fingerprint density at radius 2 is 1.81 bits per heavy atom. The molecule has 6 nitrogen and oxygen atoms in total. The molecule has 0 aliphatic rings. The zero-order valence-corrected chi connectivity index (χ0v) is 17.8. The summed E-state index contributed by atoms with van der Waals surface area (Å²) in [5.41, 5.74) is 1.59. The zero-order valence-electron chi connectivity index (χ0n) is 16.1. The van der Waals surface area contributed by atoms with Gasteiger partial charge in [-0.25, -0.2) is 17.7 Å². The van der Waals surface area contributed by atoms with Gasteiger partial charge in [0.05, 0.1) is 21.6 Å². The van der Waals surface area contributed by atoms with Gasteiger partial charge < -0.3 is 5.32 Å². The Bertz CT molecular complexity index is 914. The maximum Gasteiger partial charge on any atom is 0.244 e. The molecule has 0 saturated heterocycles. The van der Waals surface area contributed by atoms with E-state index in [1.165, 1.54) is 32.3 Å². The highest BCUT2D eigenvalue weighted by Crippen LogP contribution is 2.22. The minimum absolute atomic E-state index is 0.182. The number of thiazole rings is 1. The quantitative estimate of drug-likeness (QED) is 0.714. The van der Waals surface area contributed by atoms with Crippen LogP contribution in [0, 0.1) is 0 Å². The van der Waals surface area contributed by atoms with Crippen molar-refractivity contribution in [2.75, 3.05) is 14.1 Å². The van der Waals surface area contributed by atoms with E-state index in [0.29, 0.717) is 5.92 Å². The Labute approximate surface area is 165 Å². The molecule has 1 amide bonds. The first-order valence-corrected chi connectivity index (χ1v) is 10.9. The number of rotatable bonds is 7. The van der Waals surface area contributed by atoms with Gasteiger partial charge in [-0.1, -0.05) is 26.0 Å². The molecule has 146 valence electrons. The first kappa shape index (κ1) is 21.3. The van der Waals surface area contributed by atoms with Crippen molar-refractivity contribution in [3.05, 3.63) is 52.0 Å². The molecule has 2 aromatic rings. The number of aromatic nitrogens is 1. The molecule has 2 rings (SSSR count). The Morgan fingerprint density at radius 1 is 1.19 bits per heavy atom. The molecule has 0 fully saturated rings. The molecule has 0 aliphatic heterocycles. The summed E-state index contributed by atoms with van der Waals surface area (Å²) in [6.07, 6.45) is 3.08. The molecule has 0 saturated carbocycles. The SMILES string of the molecule is CC(C)c1nc(C(C)NC(=O)/C=C/c2ccc(S(=O)(=O)N(C)C)cc2)cs1. The van der Waals surface area contributed by atoms with Crippen LogP contribution in [0.15, 0.2) is 40.6 Å². The summed E-state index contributed by atoms with van der Waals surface area (Å²) >= 11 is 1.60. The number of nitrogens with zero attached hydrogens (tertiary/aromatic N) is 2. The van der Waals surface area contributed by atoms with Crippen molar-refractivity contribution in [2.45, 2.75) is 37.6 Å². The van der Waals surface area contributed by atoms with E-state index in [1.807, 2.05) is 12.3 Å². The van der Waals surface area contributed by atoms with Crippen LogP contribution in [0.1, 0.15) is 49.0 Å². The lowest BCUT2D eigenvalue weighted by atomic mass is 10.2. The van der Waals surface area contributed by atoms with Gasteiger partial charge in [-0.05, 0) is 30.7 Å². The van der Waals surface area contributed by atoms with E-state index in [4.69, 9.17) is 0 Å². The van der Waals surface area contributed by atoms with E-state index in [2.05, 4.69) is 24.1 Å². The van der Waals surface area contributed by atoms with E-state index in [9.17, 15) is 13.2 Å². The molecular weight excluding hydrogens is 382 g/mol. The molecule has 1 aromatic heterocycles. The zero-order chi connectivity index (χ0) is 20.2. The highest BCUT2D eigenvalue weighted by Gasteiger charge is 2.16. The minimum atomic E-state index is -3.45. The van der Waals surface area contributed by atoms with Crippen molar-refractivity contribution < 1.29 is 13.2 Å². The van der Waals surface area contributed by atoms with Crippen molar-refractivity contribution in [3.63, 3.8) is 0 Å². The average molecular weight is 408 g/mol. The van der Waals surface area contributed by atoms with Crippen molar-refractivity contribution in [2.24, 2.45) is 0 Å². The normalized spacial score (nSPS) is 13.4. The minimum Gasteiger partial charge on any atom is -0.344 e. The van der Waals surface area contributed by atoms with Crippen LogP contribution in [-0.2, 0) is 14.8 Å². The van der Waals surface area contributed by atoms with Gasteiger partial charge in [-0.15, -0.1) is 11.3 Å². The molecule has 1 atom stereocenters. The van der Waals surface area contributed by atoms with E-state index in [0.717, 1.165) is 20.6 Å². The van der Waals surface area contributed by atoms with Crippen LogP contribution in [0.5, 0.6) is 0 Å².